The Labute approximate surface area is 60.4 Å². The average Bonchev–Trinajstić information content (AvgIpc) is 2.06. The Morgan fingerprint density at radius 3 is 2.60 bits per heavy atom. The standard InChI is InChI=1S/C9H10O/c10-6-9-5-7-1-3-8(9)4-2-7/h1,3,5-8H,2,4H2. The topological polar surface area (TPSA) is 17.1 Å². The highest BCUT2D eigenvalue weighted by Crippen LogP contribution is 2.34. The molecule has 10 heavy (non-hydrogen) atoms. The summed E-state index contributed by atoms with van der Waals surface area (Å²) < 4.78 is 0. The zero-order chi connectivity index (χ0) is 6.97. The summed E-state index contributed by atoms with van der Waals surface area (Å²) >= 11 is 0. The second-order valence-electron chi connectivity index (χ2n) is 3.02. The first-order valence-electron chi connectivity index (χ1n) is 3.75. The number of carbonyl (C=O) groups excluding carboxylic acids is 1. The van der Waals surface area contributed by atoms with Crippen molar-refractivity contribution >= 4 is 6.29 Å². The summed E-state index contributed by atoms with van der Waals surface area (Å²) in [6, 6.07) is 0. The van der Waals surface area contributed by atoms with E-state index in [1.54, 1.807) is 0 Å². The van der Waals surface area contributed by atoms with Crippen molar-refractivity contribution in [2.75, 3.05) is 0 Å². The quantitative estimate of drug-likeness (QED) is 0.394. The molecular weight excluding hydrogens is 124 g/mol. The van der Waals surface area contributed by atoms with E-state index < -0.39 is 0 Å². The van der Waals surface area contributed by atoms with Crippen LogP contribution in [0.15, 0.2) is 23.8 Å². The van der Waals surface area contributed by atoms with Gasteiger partial charge in [0, 0.05) is 5.92 Å². The molecule has 0 aromatic rings. The number of hydrogen-bond acceptors (Lipinski definition) is 1. The van der Waals surface area contributed by atoms with Gasteiger partial charge in [-0.3, -0.25) is 4.79 Å². The van der Waals surface area contributed by atoms with Crippen LogP contribution in [0.2, 0.25) is 0 Å². The normalized spacial score (nSPS) is 35.8. The molecule has 2 bridgehead atoms. The smallest absolute Gasteiger partial charge is 0.146 e. The van der Waals surface area contributed by atoms with E-state index in [1.807, 2.05) is 0 Å². The Morgan fingerprint density at radius 1 is 1.40 bits per heavy atom. The van der Waals surface area contributed by atoms with Crippen LogP contribution in [-0.2, 0) is 4.79 Å². The van der Waals surface area contributed by atoms with Crippen molar-refractivity contribution in [2.24, 2.45) is 11.8 Å². The number of hydrogen-bond donors (Lipinski definition) is 0. The van der Waals surface area contributed by atoms with Gasteiger partial charge >= 0.3 is 0 Å². The fourth-order valence-corrected chi connectivity index (χ4v) is 1.76. The molecule has 0 heterocycles. The minimum Gasteiger partial charge on any atom is -0.298 e. The predicted molar refractivity (Wildman–Crippen MR) is 39.5 cm³/mol. The Hall–Kier alpha value is -0.850. The van der Waals surface area contributed by atoms with E-state index in [-0.39, 0.29) is 0 Å². The highest BCUT2D eigenvalue weighted by Gasteiger charge is 2.23. The lowest BCUT2D eigenvalue weighted by atomic mass is 9.77. The van der Waals surface area contributed by atoms with Crippen LogP contribution >= 0.6 is 0 Å². The van der Waals surface area contributed by atoms with Gasteiger partial charge in [-0.2, -0.15) is 0 Å². The maximum atomic E-state index is 10.4. The number of aldehydes is 1. The number of carbonyl (C=O) groups is 1. The Kier molecular flexibility index (Phi) is 1.23. The molecule has 0 N–H and O–H groups in total. The van der Waals surface area contributed by atoms with Gasteiger partial charge < -0.3 is 0 Å². The highest BCUT2D eigenvalue weighted by molar-refractivity contribution is 5.75. The maximum Gasteiger partial charge on any atom is 0.146 e. The van der Waals surface area contributed by atoms with Crippen molar-refractivity contribution in [2.45, 2.75) is 12.8 Å². The molecular formula is C9H10O. The largest absolute Gasteiger partial charge is 0.298 e. The van der Waals surface area contributed by atoms with Crippen molar-refractivity contribution in [1.82, 2.24) is 0 Å². The van der Waals surface area contributed by atoms with Crippen LogP contribution in [0, 0.1) is 11.8 Å². The van der Waals surface area contributed by atoms with Gasteiger partial charge in [-0.25, -0.2) is 0 Å². The third kappa shape index (κ3) is 0.737. The fourth-order valence-electron chi connectivity index (χ4n) is 1.76. The minimum absolute atomic E-state index is 0.447. The van der Waals surface area contributed by atoms with E-state index in [9.17, 15) is 4.79 Å². The van der Waals surface area contributed by atoms with Crippen LogP contribution < -0.4 is 0 Å². The molecule has 0 radical (unpaired) electrons. The highest BCUT2D eigenvalue weighted by atomic mass is 16.1. The molecule has 0 saturated carbocycles. The van der Waals surface area contributed by atoms with E-state index in [4.69, 9.17) is 0 Å². The summed E-state index contributed by atoms with van der Waals surface area (Å²) in [5, 5.41) is 0. The lowest BCUT2D eigenvalue weighted by molar-refractivity contribution is -0.105. The molecule has 2 unspecified atom stereocenters. The third-order valence-corrected chi connectivity index (χ3v) is 2.37. The first-order chi connectivity index (χ1) is 4.90. The Morgan fingerprint density at radius 2 is 2.30 bits per heavy atom. The maximum absolute atomic E-state index is 10.4. The summed E-state index contributed by atoms with van der Waals surface area (Å²) in [4.78, 5) is 10.4. The fraction of sp³-hybridized carbons (Fsp3) is 0.444. The first kappa shape index (κ1) is 5.90. The summed E-state index contributed by atoms with van der Waals surface area (Å²) in [6.45, 7) is 0. The van der Waals surface area contributed by atoms with E-state index >= 15 is 0 Å². The van der Waals surface area contributed by atoms with Gasteiger partial charge in [0.2, 0.25) is 0 Å². The average molecular weight is 134 g/mol. The van der Waals surface area contributed by atoms with Crippen LogP contribution in [0.25, 0.3) is 0 Å². The van der Waals surface area contributed by atoms with E-state index in [1.165, 1.54) is 12.8 Å². The second-order valence-corrected chi connectivity index (χ2v) is 3.02. The van der Waals surface area contributed by atoms with Crippen LogP contribution in [0.3, 0.4) is 0 Å². The molecule has 0 aromatic heterocycles. The number of fused-ring (bicyclic) bond motifs is 1. The number of allylic oxidation sites excluding steroid dienone is 4. The number of rotatable bonds is 1. The van der Waals surface area contributed by atoms with Gasteiger partial charge in [-0.1, -0.05) is 18.2 Å². The molecule has 1 nitrogen and oxygen atoms in total. The molecule has 0 amide bonds. The molecule has 3 aliphatic carbocycles. The molecule has 0 fully saturated rings. The molecule has 0 aromatic carbocycles. The van der Waals surface area contributed by atoms with Crippen LogP contribution in [-0.4, -0.2) is 6.29 Å². The van der Waals surface area contributed by atoms with Gasteiger partial charge in [0.05, 0.1) is 0 Å². The molecule has 1 heteroatoms. The molecule has 52 valence electrons. The second kappa shape index (κ2) is 2.08. The lowest BCUT2D eigenvalue weighted by Crippen LogP contribution is -2.17. The molecule has 0 saturated heterocycles. The van der Waals surface area contributed by atoms with E-state index in [2.05, 4.69) is 18.2 Å². The third-order valence-electron chi connectivity index (χ3n) is 2.37. The van der Waals surface area contributed by atoms with Gasteiger partial charge in [0.1, 0.15) is 6.29 Å². The van der Waals surface area contributed by atoms with Crippen molar-refractivity contribution in [3.63, 3.8) is 0 Å². The SMILES string of the molecule is O=CC1=CC2C=CC1CC2. The van der Waals surface area contributed by atoms with Crippen LogP contribution in [0.1, 0.15) is 12.8 Å². The molecule has 2 atom stereocenters. The van der Waals surface area contributed by atoms with Crippen molar-refractivity contribution in [3.05, 3.63) is 23.8 Å². The molecule has 0 aliphatic heterocycles. The molecule has 3 aliphatic rings. The summed E-state index contributed by atoms with van der Waals surface area (Å²) in [7, 11) is 0. The van der Waals surface area contributed by atoms with Crippen LogP contribution in [0.5, 0.6) is 0 Å². The minimum atomic E-state index is 0.447. The summed E-state index contributed by atoms with van der Waals surface area (Å²) in [5.41, 5.74) is 0.999. The monoisotopic (exact) mass is 134 g/mol. The van der Waals surface area contributed by atoms with Crippen molar-refractivity contribution in [1.29, 1.82) is 0 Å². The van der Waals surface area contributed by atoms with Crippen molar-refractivity contribution < 1.29 is 4.79 Å². The van der Waals surface area contributed by atoms with Gasteiger partial charge in [-0.15, -0.1) is 0 Å². The predicted octanol–water partition coefficient (Wildman–Crippen LogP) is 1.71. The van der Waals surface area contributed by atoms with Gasteiger partial charge in [0.15, 0.2) is 0 Å². The van der Waals surface area contributed by atoms with E-state index in [0.717, 1.165) is 11.9 Å². The van der Waals surface area contributed by atoms with Crippen molar-refractivity contribution in [3.8, 4) is 0 Å². The van der Waals surface area contributed by atoms with E-state index in [0.29, 0.717) is 11.8 Å². The zero-order valence-electron chi connectivity index (χ0n) is 5.79. The Bertz CT molecular complexity index is 213. The first-order valence-corrected chi connectivity index (χ1v) is 3.75. The molecule has 3 rings (SSSR count). The summed E-state index contributed by atoms with van der Waals surface area (Å²) in [5.74, 6) is 1.01. The Balaban J connectivity index is 2.32. The van der Waals surface area contributed by atoms with Gasteiger partial charge in [0.25, 0.3) is 0 Å². The van der Waals surface area contributed by atoms with Gasteiger partial charge in [-0.05, 0) is 24.3 Å². The lowest BCUT2D eigenvalue weighted by Gasteiger charge is -2.27. The molecule has 0 spiro atoms. The zero-order valence-corrected chi connectivity index (χ0v) is 5.79. The van der Waals surface area contributed by atoms with Crippen LogP contribution in [0.4, 0.5) is 0 Å². The summed E-state index contributed by atoms with van der Waals surface area (Å²) in [6.07, 6.45) is 9.88.